The second-order valence-electron chi connectivity index (χ2n) is 3.43. The first-order valence-corrected chi connectivity index (χ1v) is 7.22. The lowest BCUT2D eigenvalue weighted by atomic mass is 10.4. The molecule has 0 bridgehead atoms. The molecule has 19 heavy (non-hydrogen) atoms. The minimum atomic E-state index is -3.91. The van der Waals surface area contributed by atoms with E-state index in [0.717, 1.165) is 23.6 Å². The number of nitrogens with one attached hydrogen (secondary N) is 2. The molecule has 0 radical (unpaired) electrons. The summed E-state index contributed by atoms with van der Waals surface area (Å²) in [6, 6.07) is 4.35. The molecule has 7 nitrogen and oxygen atoms in total. The van der Waals surface area contributed by atoms with E-state index in [2.05, 4.69) is 9.71 Å². The van der Waals surface area contributed by atoms with Crippen molar-refractivity contribution in [3.05, 3.63) is 35.0 Å². The van der Waals surface area contributed by atoms with Crippen LogP contribution in [0.3, 0.4) is 0 Å². The van der Waals surface area contributed by atoms with Crippen molar-refractivity contribution in [2.45, 2.75) is 4.90 Å². The van der Waals surface area contributed by atoms with Gasteiger partial charge in [-0.15, -0.1) is 11.3 Å². The fourth-order valence-electron chi connectivity index (χ4n) is 1.31. The van der Waals surface area contributed by atoms with Crippen molar-refractivity contribution >= 4 is 32.3 Å². The van der Waals surface area contributed by atoms with Gasteiger partial charge in [0, 0.05) is 6.20 Å². The summed E-state index contributed by atoms with van der Waals surface area (Å²) in [7, 11) is -3.91. The fourth-order valence-corrected chi connectivity index (χ4v) is 3.37. The molecule has 9 heteroatoms. The molecule has 98 valence electrons. The van der Waals surface area contributed by atoms with Crippen LogP contribution in [0.2, 0.25) is 0 Å². The molecule has 0 saturated heterocycles. The van der Waals surface area contributed by atoms with Gasteiger partial charge in [0.1, 0.15) is 21.7 Å². The highest BCUT2D eigenvalue weighted by Gasteiger charge is 2.20. The molecule has 2 rings (SSSR count). The van der Waals surface area contributed by atoms with Crippen LogP contribution >= 0.6 is 11.3 Å². The number of nitrogens with zero attached hydrogens (tertiary/aromatic N) is 1. The molecule has 0 saturated carbocycles. The standard InChI is InChI=1S/C10H7N3O4S2/c11-4-6-1-2-18-9(6)13-19(16,17)7-3-8(10(14)15)12-5-7/h1-3,5,12-13H,(H,14,15). The first kappa shape index (κ1) is 13.1. The lowest BCUT2D eigenvalue weighted by Crippen LogP contribution is -2.12. The van der Waals surface area contributed by atoms with Crippen molar-refractivity contribution in [2.75, 3.05) is 4.72 Å². The van der Waals surface area contributed by atoms with E-state index < -0.39 is 16.0 Å². The number of H-pyrrole nitrogens is 1. The third-order valence-electron chi connectivity index (χ3n) is 2.21. The lowest BCUT2D eigenvalue weighted by Gasteiger charge is -2.03. The molecule has 0 aliphatic heterocycles. The van der Waals surface area contributed by atoms with Crippen LogP contribution in [0, 0.1) is 11.3 Å². The fraction of sp³-hybridized carbons (Fsp3) is 0. The number of carboxylic acids is 1. The van der Waals surface area contributed by atoms with Crippen LogP contribution in [-0.2, 0) is 10.0 Å². The zero-order chi connectivity index (χ0) is 14.0. The van der Waals surface area contributed by atoms with Gasteiger partial charge in [-0.1, -0.05) is 0 Å². The molecule has 0 amide bonds. The quantitative estimate of drug-likeness (QED) is 0.788. The van der Waals surface area contributed by atoms with Crippen LogP contribution in [0.4, 0.5) is 5.00 Å². The van der Waals surface area contributed by atoms with Gasteiger partial charge in [0.2, 0.25) is 0 Å². The Bertz CT molecular complexity index is 767. The van der Waals surface area contributed by atoms with E-state index in [-0.39, 0.29) is 21.2 Å². The van der Waals surface area contributed by atoms with E-state index in [1.54, 1.807) is 5.38 Å². The molecule has 0 aliphatic carbocycles. The number of aromatic carboxylic acids is 1. The highest BCUT2D eigenvalue weighted by molar-refractivity contribution is 7.93. The number of nitriles is 1. The molecule has 0 unspecified atom stereocenters. The number of anilines is 1. The highest BCUT2D eigenvalue weighted by atomic mass is 32.2. The van der Waals surface area contributed by atoms with Crippen LogP contribution < -0.4 is 4.72 Å². The Morgan fingerprint density at radius 3 is 2.84 bits per heavy atom. The van der Waals surface area contributed by atoms with Gasteiger partial charge in [0.25, 0.3) is 10.0 Å². The zero-order valence-corrected chi connectivity index (χ0v) is 10.9. The number of carbonyl (C=O) groups is 1. The SMILES string of the molecule is N#Cc1ccsc1NS(=O)(=O)c1c[nH]c(C(=O)O)c1. The van der Waals surface area contributed by atoms with Gasteiger partial charge in [0.15, 0.2) is 0 Å². The van der Waals surface area contributed by atoms with Crippen LogP contribution in [-0.4, -0.2) is 24.5 Å². The van der Waals surface area contributed by atoms with Crippen LogP contribution in [0.5, 0.6) is 0 Å². The molecule has 3 N–H and O–H groups in total. The number of aromatic amines is 1. The van der Waals surface area contributed by atoms with Crippen LogP contribution in [0.15, 0.2) is 28.6 Å². The number of thiophene rings is 1. The summed E-state index contributed by atoms with van der Waals surface area (Å²) in [4.78, 5) is 12.8. The molecule has 0 fully saturated rings. The number of rotatable bonds is 4. The maximum atomic E-state index is 12.0. The second-order valence-corrected chi connectivity index (χ2v) is 6.03. The van der Waals surface area contributed by atoms with E-state index in [9.17, 15) is 13.2 Å². The number of aromatic nitrogens is 1. The first-order valence-electron chi connectivity index (χ1n) is 4.86. The topological polar surface area (TPSA) is 123 Å². The highest BCUT2D eigenvalue weighted by Crippen LogP contribution is 2.25. The van der Waals surface area contributed by atoms with Crippen molar-refractivity contribution in [2.24, 2.45) is 0 Å². The predicted octanol–water partition coefficient (Wildman–Crippen LogP) is 1.45. The van der Waals surface area contributed by atoms with Gasteiger partial charge in [0.05, 0.1) is 5.56 Å². The van der Waals surface area contributed by atoms with E-state index in [1.807, 2.05) is 6.07 Å². The van der Waals surface area contributed by atoms with Gasteiger partial charge >= 0.3 is 5.97 Å². The summed E-state index contributed by atoms with van der Waals surface area (Å²) in [5, 5.41) is 19.3. The number of sulfonamides is 1. The third-order valence-corrected chi connectivity index (χ3v) is 4.50. The van der Waals surface area contributed by atoms with Crippen molar-refractivity contribution in [3.63, 3.8) is 0 Å². The Morgan fingerprint density at radius 2 is 2.26 bits per heavy atom. The largest absolute Gasteiger partial charge is 0.477 e. The van der Waals surface area contributed by atoms with Gasteiger partial charge in [-0.3, -0.25) is 4.72 Å². The van der Waals surface area contributed by atoms with Gasteiger partial charge in [-0.2, -0.15) is 5.26 Å². The Kier molecular flexibility index (Phi) is 3.28. The predicted molar refractivity (Wildman–Crippen MR) is 67.6 cm³/mol. The normalized spacial score (nSPS) is 10.9. The average molecular weight is 297 g/mol. The Morgan fingerprint density at radius 1 is 1.53 bits per heavy atom. The van der Waals surface area contributed by atoms with E-state index in [0.29, 0.717) is 0 Å². The monoisotopic (exact) mass is 297 g/mol. The zero-order valence-electron chi connectivity index (χ0n) is 9.25. The van der Waals surface area contributed by atoms with Gasteiger partial charge < -0.3 is 10.1 Å². The molecule has 2 heterocycles. The summed E-state index contributed by atoms with van der Waals surface area (Å²) in [5.74, 6) is -1.25. The minimum Gasteiger partial charge on any atom is -0.477 e. The summed E-state index contributed by atoms with van der Waals surface area (Å²) in [6.45, 7) is 0. The Labute approximate surface area is 112 Å². The second kappa shape index (κ2) is 4.75. The Hall–Kier alpha value is -2.31. The molecule has 2 aromatic heterocycles. The van der Waals surface area contributed by atoms with Crippen molar-refractivity contribution in [3.8, 4) is 6.07 Å². The van der Waals surface area contributed by atoms with E-state index in [1.165, 1.54) is 6.07 Å². The van der Waals surface area contributed by atoms with Crippen molar-refractivity contribution in [1.82, 2.24) is 4.98 Å². The van der Waals surface area contributed by atoms with E-state index in [4.69, 9.17) is 10.4 Å². The Balaban J connectivity index is 2.33. The van der Waals surface area contributed by atoms with Crippen LogP contribution in [0.25, 0.3) is 0 Å². The molecule has 0 atom stereocenters. The smallest absolute Gasteiger partial charge is 0.352 e. The third kappa shape index (κ3) is 2.59. The summed E-state index contributed by atoms with van der Waals surface area (Å²) < 4.78 is 26.2. The molecule has 0 aliphatic rings. The maximum Gasteiger partial charge on any atom is 0.352 e. The van der Waals surface area contributed by atoms with Gasteiger partial charge in [-0.25, -0.2) is 13.2 Å². The average Bonchev–Trinajstić information content (AvgIpc) is 2.95. The summed E-state index contributed by atoms with van der Waals surface area (Å²) in [5.41, 5.74) is -0.0189. The number of hydrogen-bond donors (Lipinski definition) is 3. The molecule has 0 spiro atoms. The van der Waals surface area contributed by atoms with Crippen molar-refractivity contribution < 1.29 is 18.3 Å². The molecule has 2 aromatic rings. The summed E-state index contributed by atoms with van der Waals surface area (Å²) >= 11 is 1.07. The van der Waals surface area contributed by atoms with E-state index >= 15 is 0 Å². The van der Waals surface area contributed by atoms with Gasteiger partial charge in [-0.05, 0) is 17.5 Å². The lowest BCUT2D eigenvalue weighted by molar-refractivity contribution is 0.0691. The first-order chi connectivity index (χ1) is 8.94. The minimum absolute atomic E-state index is 0.195. The molecular weight excluding hydrogens is 290 g/mol. The maximum absolute atomic E-state index is 12.0. The number of hydrogen-bond acceptors (Lipinski definition) is 5. The molecule has 0 aromatic carbocycles. The van der Waals surface area contributed by atoms with Crippen molar-refractivity contribution in [1.29, 1.82) is 5.26 Å². The van der Waals surface area contributed by atoms with Crippen LogP contribution in [0.1, 0.15) is 16.1 Å². The number of carboxylic acid groups (broad SMARTS) is 1. The summed E-state index contributed by atoms with van der Waals surface area (Å²) in [6.07, 6.45) is 1.07. The molecular formula is C10H7N3O4S2.